The van der Waals surface area contributed by atoms with Crippen LogP contribution in [0.3, 0.4) is 0 Å². The second-order valence-corrected chi connectivity index (χ2v) is 5.71. The summed E-state index contributed by atoms with van der Waals surface area (Å²) in [5, 5.41) is 4.29. The highest BCUT2D eigenvalue weighted by molar-refractivity contribution is 7.07. The van der Waals surface area contributed by atoms with Gasteiger partial charge in [-0.2, -0.15) is 0 Å². The Bertz CT molecular complexity index is 747. The molecule has 0 unspecified atom stereocenters. The molecular weight excluding hydrogens is 280 g/mol. The summed E-state index contributed by atoms with van der Waals surface area (Å²) >= 11 is 1.44. The van der Waals surface area contributed by atoms with E-state index in [9.17, 15) is 4.79 Å². The second kappa shape index (κ2) is 6.06. The normalized spacial score (nSPS) is 10.7. The fraction of sp³-hybridized carbons (Fsp3) is 0.176. The third-order valence-electron chi connectivity index (χ3n) is 3.59. The third-order valence-corrected chi connectivity index (χ3v) is 4.18. The molecule has 1 heterocycles. The molecule has 0 saturated heterocycles. The molecule has 2 aromatic carbocycles. The first-order valence-corrected chi connectivity index (χ1v) is 7.80. The van der Waals surface area contributed by atoms with Gasteiger partial charge in [0.1, 0.15) is 5.69 Å². The number of fused-ring (bicyclic) bond motifs is 1. The van der Waals surface area contributed by atoms with Crippen molar-refractivity contribution in [3.05, 3.63) is 64.6 Å². The maximum Gasteiger partial charge on any atom is 0.273 e. The predicted molar refractivity (Wildman–Crippen MR) is 86.7 cm³/mol. The van der Waals surface area contributed by atoms with Gasteiger partial charge in [-0.3, -0.25) is 4.79 Å². The van der Waals surface area contributed by atoms with Gasteiger partial charge >= 0.3 is 0 Å². The number of hydrogen-bond acceptors (Lipinski definition) is 3. The van der Waals surface area contributed by atoms with E-state index in [4.69, 9.17) is 0 Å². The van der Waals surface area contributed by atoms with Gasteiger partial charge in [-0.05, 0) is 22.8 Å². The molecule has 3 nitrogen and oxygen atoms in total. The molecule has 0 radical (unpaired) electrons. The summed E-state index contributed by atoms with van der Waals surface area (Å²) in [5.74, 6) is -0.0171. The van der Waals surface area contributed by atoms with Crippen LogP contribution in [0.5, 0.6) is 0 Å². The van der Waals surface area contributed by atoms with Crippen molar-refractivity contribution < 1.29 is 4.79 Å². The number of aromatic nitrogens is 1. The Morgan fingerprint density at radius 2 is 2.00 bits per heavy atom. The van der Waals surface area contributed by atoms with Crippen LogP contribution in [0.2, 0.25) is 0 Å². The topological polar surface area (TPSA) is 33.2 Å². The van der Waals surface area contributed by atoms with Crippen molar-refractivity contribution in [3.63, 3.8) is 0 Å². The first kappa shape index (κ1) is 13.8. The Balaban J connectivity index is 1.73. The van der Waals surface area contributed by atoms with Crippen molar-refractivity contribution in [2.75, 3.05) is 13.6 Å². The highest BCUT2D eigenvalue weighted by Crippen LogP contribution is 2.19. The number of nitrogens with zero attached hydrogens (tertiary/aromatic N) is 2. The second-order valence-electron chi connectivity index (χ2n) is 4.99. The van der Waals surface area contributed by atoms with Crippen molar-refractivity contribution in [1.29, 1.82) is 0 Å². The van der Waals surface area contributed by atoms with Crippen LogP contribution in [-0.2, 0) is 6.42 Å². The molecule has 1 amide bonds. The summed E-state index contributed by atoms with van der Waals surface area (Å²) in [6, 6.07) is 14.7. The van der Waals surface area contributed by atoms with E-state index in [0.717, 1.165) is 6.42 Å². The molecule has 0 aliphatic carbocycles. The number of benzene rings is 2. The van der Waals surface area contributed by atoms with Crippen LogP contribution in [0, 0.1) is 0 Å². The van der Waals surface area contributed by atoms with Gasteiger partial charge in [0.25, 0.3) is 5.91 Å². The lowest BCUT2D eigenvalue weighted by molar-refractivity contribution is 0.0792. The Labute approximate surface area is 127 Å². The molecule has 0 bridgehead atoms. The van der Waals surface area contributed by atoms with Gasteiger partial charge in [-0.1, -0.05) is 42.5 Å². The summed E-state index contributed by atoms with van der Waals surface area (Å²) in [7, 11) is 1.83. The van der Waals surface area contributed by atoms with Gasteiger partial charge in [0, 0.05) is 19.0 Å². The summed E-state index contributed by atoms with van der Waals surface area (Å²) < 4.78 is 0. The minimum atomic E-state index is -0.0171. The van der Waals surface area contributed by atoms with Crippen molar-refractivity contribution in [2.24, 2.45) is 0 Å². The molecule has 3 aromatic rings. The molecule has 0 atom stereocenters. The van der Waals surface area contributed by atoms with E-state index in [1.807, 2.05) is 13.1 Å². The first-order valence-electron chi connectivity index (χ1n) is 6.86. The quantitative estimate of drug-likeness (QED) is 0.737. The summed E-state index contributed by atoms with van der Waals surface area (Å²) in [5.41, 5.74) is 3.48. The standard InChI is InChI=1S/C17H16N2OS/c1-19(17(20)16-11-21-12-18-16)10-9-14-7-4-6-13-5-2-3-8-15(13)14/h2-8,11-12H,9-10H2,1H3. The number of rotatable bonds is 4. The number of carbonyl (C=O) groups excluding carboxylic acids is 1. The molecule has 0 aliphatic heterocycles. The molecule has 0 aliphatic rings. The maximum atomic E-state index is 12.2. The SMILES string of the molecule is CN(CCc1cccc2ccccc12)C(=O)c1cscn1. The van der Waals surface area contributed by atoms with E-state index in [1.165, 1.54) is 27.7 Å². The van der Waals surface area contributed by atoms with Crippen LogP contribution in [0.15, 0.2) is 53.4 Å². The fourth-order valence-electron chi connectivity index (χ4n) is 2.41. The molecule has 0 fully saturated rings. The zero-order chi connectivity index (χ0) is 14.7. The van der Waals surface area contributed by atoms with E-state index in [0.29, 0.717) is 12.2 Å². The van der Waals surface area contributed by atoms with Crippen molar-refractivity contribution >= 4 is 28.0 Å². The lowest BCUT2D eigenvalue weighted by Gasteiger charge is -2.16. The molecule has 21 heavy (non-hydrogen) atoms. The van der Waals surface area contributed by atoms with Crippen molar-refractivity contribution in [1.82, 2.24) is 9.88 Å². The minimum Gasteiger partial charge on any atom is -0.340 e. The van der Waals surface area contributed by atoms with Crippen molar-refractivity contribution in [2.45, 2.75) is 6.42 Å². The van der Waals surface area contributed by atoms with E-state index < -0.39 is 0 Å². The zero-order valence-electron chi connectivity index (χ0n) is 11.8. The molecule has 4 heteroatoms. The monoisotopic (exact) mass is 296 g/mol. The molecule has 0 spiro atoms. The van der Waals surface area contributed by atoms with Crippen LogP contribution in [0.4, 0.5) is 0 Å². The Hall–Kier alpha value is -2.20. The molecular formula is C17H16N2OS. The van der Waals surface area contributed by atoms with Crippen LogP contribution < -0.4 is 0 Å². The Morgan fingerprint density at radius 3 is 2.81 bits per heavy atom. The van der Waals surface area contributed by atoms with Gasteiger partial charge in [0.2, 0.25) is 0 Å². The zero-order valence-corrected chi connectivity index (χ0v) is 12.6. The molecule has 106 valence electrons. The maximum absolute atomic E-state index is 12.2. The molecule has 0 saturated carbocycles. The average molecular weight is 296 g/mol. The van der Waals surface area contributed by atoms with Crippen LogP contribution in [-0.4, -0.2) is 29.4 Å². The van der Waals surface area contributed by atoms with Gasteiger partial charge in [0.05, 0.1) is 5.51 Å². The summed E-state index contributed by atoms with van der Waals surface area (Å²) in [4.78, 5) is 18.0. The Kier molecular flexibility index (Phi) is 3.97. The van der Waals surface area contributed by atoms with Crippen LogP contribution in [0.1, 0.15) is 16.1 Å². The van der Waals surface area contributed by atoms with Gasteiger partial charge in [0.15, 0.2) is 0 Å². The van der Waals surface area contributed by atoms with Crippen LogP contribution >= 0.6 is 11.3 Å². The third kappa shape index (κ3) is 2.95. The largest absolute Gasteiger partial charge is 0.340 e. The lowest BCUT2D eigenvalue weighted by Crippen LogP contribution is -2.29. The highest BCUT2D eigenvalue weighted by Gasteiger charge is 2.13. The highest BCUT2D eigenvalue weighted by atomic mass is 32.1. The predicted octanol–water partition coefficient (Wildman–Crippen LogP) is 3.61. The summed E-state index contributed by atoms with van der Waals surface area (Å²) in [6.07, 6.45) is 0.841. The fourth-order valence-corrected chi connectivity index (χ4v) is 2.94. The number of carbonyl (C=O) groups is 1. The Morgan fingerprint density at radius 1 is 1.19 bits per heavy atom. The van der Waals surface area contributed by atoms with E-state index in [1.54, 1.807) is 15.8 Å². The van der Waals surface area contributed by atoms with E-state index >= 15 is 0 Å². The average Bonchev–Trinajstić information content (AvgIpc) is 3.06. The summed E-state index contributed by atoms with van der Waals surface area (Å²) in [6.45, 7) is 0.685. The van der Waals surface area contributed by atoms with Gasteiger partial charge in [-0.15, -0.1) is 11.3 Å². The van der Waals surface area contributed by atoms with Crippen LogP contribution in [0.25, 0.3) is 10.8 Å². The minimum absolute atomic E-state index is 0.0171. The number of thiazole rings is 1. The smallest absolute Gasteiger partial charge is 0.273 e. The molecule has 1 aromatic heterocycles. The van der Waals surface area contributed by atoms with Gasteiger partial charge in [-0.25, -0.2) is 4.98 Å². The molecule has 0 N–H and O–H groups in total. The number of likely N-dealkylation sites (N-methyl/N-ethyl adjacent to an activating group) is 1. The number of hydrogen-bond donors (Lipinski definition) is 0. The molecule has 3 rings (SSSR count). The van der Waals surface area contributed by atoms with Crippen molar-refractivity contribution in [3.8, 4) is 0 Å². The van der Waals surface area contributed by atoms with E-state index in [-0.39, 0.29) is 5.91 Å². The first-order chi connectivity index (χ1) is 10.3. The van der Waals surface area contributed by atoms with Gasteiger partial charge < -0.3 is 4.90 Å². The number of amides is 1. The van der Waals surface area contributed by atoms with E-state index in [2.05, 4.69) is 41.4 Å². The lowest BCUT2D eigenvalue weighted by atomic mass is 10.0.